The molecule has 2 unspecified atom stereocenters. The molecule has 1 aromatic heterocycles. The molecule has 5 aliphatic rings. The maximum Gasteiger partial charge on any atom is 0.252 e. The third kappa shape index (κ3) is 5.38. The lowest BCUT2D eigenvalue weighted by molar-refractivity contribution is -0.0988. The Morgan fingerprint density at radius 2 is 1.84 bits per heavy atom. The van der Waals surface area contributed by atoms with Crippen molar-refractivity contribution in [1.29, 1.82) is 0 Å². The van der Waals surface area contributed by atoms with Crippen LogP contribution in [0.2, 0.25) is 0 Å². The lowest BCUT2D eigenvalue weighted by atomic mass is 9.83. The molecule has 2 aromatic carbocycles. The second kappa shape index (κ2) is 11.9. The molecule has 0 saturated carbocycles. The SMILES string of the molecule is CCN1CC2CC(C1)N2C1CCN(c2ccc(Nc3ccnc(N4OCC[C@@H]4c4cccc(F)c4F)n3)c(OC)c2)CC1. The van der Waals surface area contributed by atoms with E-state index >= 15 is 0 Å². The van der Waals surface area contributed by atoms with Gasteiger partial charge in [0.15, 0.2) is 11.6 Å². The van der Waals surface area contributed by atoms with Crippen molar-refractivity contribution in [2.24, 2.45) is 0 Å². The maximum atomic E-state index is 14.6. The van der Waals surface area contributed by atoms with Crippen molar-refractivity contribution in [3.05, 3.63) is 65.9 Å². The lowest BCUT2D eigenvalue weighted by Gasteiger charge is -2.60. The number of rotatable bonds is 8. The summed E-state index contributed by atoms with van der Waals surface area (Å²) in [7, 11) is 1.67. The normalized spacial score (nSPS) is 24.7. The summed E-state index contributed by atoms with van der Waals surface area (Å²) in [5.74, 6) is -0.245. The Morgan fingerprint density at radius 1 is 1.02 bits per heavy atom. The molecule has 3 aromatic rings. The predicted molar refractivity (Wildman–Crippen MR) is 162 cm³/mol. The van der Waals surface area contributed by atoms with Crippen LogP contribution in [0.25, 0.3) is 0 Å². The van der Waals surface area contributed by atoms with E-state index in [2.05, 4.69) is 49.0 Å². The third-order valence-corrected chi connectivity index (χ3v) is 9.56. The molecular formula is C32H39F2N7O2. The highest BCUT2D eigenvalue weighted by atomic mass is 19.2. The van der Waals surface area contributed by atoms with Gasteiger partial charge < -0.3 is 19.9 Å². The zero-order valence-electron chi connectivity index (χ0n) is 24.8. The van der Waals surface area contributed by atoms with Gasteiger partial charge in [0.1, 0.15) is 11.6 Å². The average molecular weight is 592 g/mol. The van der Waals surface area contributed by atoms with Crippen LogP contribution in [0.4, 0.5) is 31.9 Å². The number of hydrogen-bond donors (Lipinski definition) is 1. The van der Waals surface area contributed by atoms with E-state index in [9.17, 15) is 8.78 Å². The fraction of sp³-hybridized carbons (Fsp3) is 0.500. The summed E-state index contributed by atoms with van der Waals surface area (Å²) in [6.07, 6.45) is 5.84. The van der Waals surface area contributed by atoms with E-state index in [1.54, 1.807) is 25.4 Å². The van der Waals surface area contributed by atoms with E-state index in [1.807, 2.05) is 6.07 Å². The van der Waals surface area contributed by atoms with E-state index in [0.29, 0.717) is 30.6 Å². The number of piperazine rings is 1. The van der Waals surface area contributed by atoms with Gasteiger partial charge >= 0.3 is 0 Å². The zero-order chi connectivity index (χ0) is 29.5. The molecule has 8 rings (SSSR count). The largest absolute Gasteiger partial charge is 0.494 e. The summed E-state index contributed by atoms with van der Waals surface area (Å²) >= 11 is 0. The van der Waals surface area contributed by atoms with Crippen LogP contribution in [0.3, 0.4) is 0 Å². The minimum atomic E-state index is -0.887. The first-order valence-corrected chi connectivity index (χ1v) is 15.4. The van der Waals surface area contributed by atoms with Crippen molar-refractivity contribution < 1.29 is 18.4 Å². The second-order valence-corrected chi connectivity index (χ2v) is 11.9. The number of aromatic nitrogens is 2. The van der Waals surface area contributed by atoms with Gasteiger partial charge in [-0.3, -0.25) is 9.74 Å². The Bertz CT molecular complexity index is 1440. The van der Waals surface area contributed by atoms with Crippen molar-refractivity contribution in [1.82, 2.24) is 19.8 Å². The van der Waals surface area contributed by atoms with Crippen LogP contribution in [0.1, 0.15) is 44.2 Å². The number of ether oxygens (including phenoxy) is 1. The van der Waals surface area contributed by atoms with Crippen molar-refractivity contribution >= 4 is 23.1 Å². The number of fused-ring (bicyclic) bond motifs is 2. The summed E-state index contributed by atoms with van der Waals surface area (Å²) < 4.78 is 34.3. The van der Waals surface area contributed by atoms with E-state index < -0.39 is 17.7 Å². The van der Waals surface area contributed by atoms with E-state index in [1.165, 1.54) is 43.5 Å². The van der Waals surface area contributed by atoms with Crippen molar-refractivity contribution in [2.45, 2.75) is 56.8 Å². The van der Waals surface area contributed by atoms with Crippen LogP contribution in [-0.4, -0.2) is 84.3 Å². The zero-order valence-corrected chi connectivity index (χ0v) is 24.8. The highest BCUT2D eigenvalue weighted by Gasteiger charge is 2.47. The molecule has 9 nitrogen and oxygen atoms in total. The number of hydrogen-bond acceptors (Lipinski definition) is 9. The number of piperidine rings is 2. The molecule has 3 atom stereocenters. The molecule has 2 bridgehead atoms. The highest BCUT2D eigenvalue weighted by Crippen LogP contribution is 2.39. The van der Waals surface area contributed by atoms with Gasteiger partial charge in [-0.1, -0.05) is 19.1 Å². The standard InChI is InChI=1S/C32H39F2N7O2/c1-3-38-19-23-17-24(20-38)40(23)21-10-14-39(15-11-21)22-7-8-27(29(18-22)42-2)36-30-9-13-35-32(37-30)41-28(12-16-43-41)25-5-4-6-26(33)31(25)34/h4-9,13,18,21,23-24,28H,3,10-12,14-17,19-20H2,1-2H3,(H,35,36,37)/t23?,24?,28-/m1/s1. The van der Waals surface area contributed by atoms with Crippen molar-refractivity contribution in [2.75, 3.05) is 61.7 Å². The van der Waals surface area contributed by atoms with Crippen LogP contribution >= 0.6 is 0 Å². The van der Waals surface area contributed by atoms with Gasteiger partial charge in [0.25, 0.3) is 5.95 Å². The van der Waals surface area contributed by atoms with E-state index in [0.717, 1.165) is 49.2 Å². The Hall–Kier alpha value is -3.54. The number of methoxy groups -OCH3 is 1. The fourth-order valence-corrected chi connectivity index (χ4v) is 7.37. The number of nitrogens with zero attached hydrogens (tertiary/aromatic N) is 6. The predicted octanol–water partition coefficient (Wildman–Crippen LogP) is 5.14. The number of anilines is 4. The summed E-state index contributed by atoms with van der Waals surface area (Å²) in [5.41, 5.74) is 2.14. The number of hydroxylamine groups is 1. The molecule has 1 N–H and O–H groups in total. The number of likely N-dealkylation sites (N-methyl/N-ethyl adjacent to an activating group) is 1. The molecule has 0 amide bonds. The molecule has 0 aliphatic carbocycles. The average Bonchev–Trinajstić information content (AvgIpc) is 3.53. The van der Waals surface area contributed by atoms with Gasteiger partial charge in [-0.2, -0.15) is 4.98 Å². The van der Waals surface area contributed by atoms with Crippen LogP contribution in [0.5, 0.6) is 5.75 Å². The first-order valence-electron chi connectivity index (χ1n) is 15.4. The fourth-order valence-electron chi connectivity index (χ4n) is 7.37. The van der Waals surface area contributed by atoms with Gasteiger partial charge in [-0.05, 0) is 50.1 Å². The van der Waals surface area contributed by atoms with Crippen LogP contribution in [0, 0.1) is 11.6 Å². The second-order valence-electron chi connectivity index (χ2n) is 11.9. The minimum Gasteiger partial charge on any atom is -0.494 e. The van der Waals surface area contributed by atoms with E-state index in [-0.39, 0.29) is 11.5 Å². The molecule has 0 radical (unpaired) electrons. The Labute approximate surface area is 251 Å². The van der Waals surface area contributed by atoms with Gasteiger partial charge in [-0.25, -0.2) is 18.8 Å². The molecule has 0 spiro atoms. The van der Waals surface area contributed by atoms with Crippen molar-refractivity contribution in [3.63, 3.8) is 0 Å². The van der Waals surface area contributed by atoms with Crippen LogP contribution in [0.15, 0.2) is 48.7 Å². The van der Waals surface area contributed by atoms with Crippen LogP contribution < -0.4 is 20.0 Å². The Morgan fingerprint density at radius 3 is 2.60 bits per heavy atom. The van der Waals surface area contributed by atoms with Crippen molar-refractivity contribution in [3.8, 4) is 5.75 Å². The minimum absolute atomic E-state index is 0.219. The summed E-state index contributed by atoms with van der Waals surface area (Å²) in [5, 5.41) is 4.80. The van der Waals surface area contributed by atoms with Crippen LogP contribution in [-0.2, 0) is 4.84 Å². The van der Waals surface area contributed by atoms with Gasteiger partial charge in [0.05, 0.1) is 25.4 Å². The van der Waals surface area contributed by atoms with Gasteiger partial charge in [0.2, 0.25) is 0 Å². The molecule has 43 heavy (non-hydrogen) atoms. The van der Waals surface area contributed by atoms with Gasteiger partial charge in [-0.15, -0.1) is 0 Å². The first-order chi connectivity index (χ1) is 21.0. The highest BCUT2D eigenvalue weighted by molar-refractivity contribution is 5.69. The molecule has 228 valence electrons. The quantitative estimate of drug-likeness (QED) is 0.384. The number of nitrogens with one attached hydrogen (secondary N) is 1. The number of benzene rings is 2. The molecular weight excluding hydrogens is 552 g/mol. The molecule has 6 heterocycles. The monoisotopic (exact) mass is 591 g/mol. The van der Waals surface area contributed by atoms with Gasteiger partial charge in [0, 0.05) is 74.2 Å². The summed E-state index contributed by atoms with van der Waals surface area (Å²) in [4.78, 5) is 22.6. The molecule has 11 heteroatoms. The topological polar surface area (TPSA) is 69.2 Å². The lowest BCUT2D eigenvalue weighted by Crippen LogP contribution is -2.71. The Kier molecular flexibility index (Phi) is 7.79. The Balaban J connectivity index is 1.01. The smallest absolute Gasteiger partial charge is 0.252 e. The molecule has 5 fully saturated rings. The maximum absolute atomic E-state index is 14.6. The number of halogens is 2. The summed E-state index contributed by atoms with van der Waals surface area (Å²) in [6.45, 7) is 8.30. The molecule has 5 saturated heterocycles. The first kappa shape index (κ1) is 28.2. The third-order valence-electron chi connectivity index (χ3n) is 9.56. The molecule has 5 aliphatic heterocycles. The van der Waals surface area contributed by atoms with E-state index in [4.69, 9.17) is 9.57 Å². The summed E-state index contributed by atoms with van der Waals surface area (Å²) in [6, 6.07) is 13.8.